The monoisotopic (exact) mass is 195 g/mol. The Kier molecular flexibility index (Phi) is 4.83. The van der Waals surface area contributed by atoms with Crippen LogP contribution in [0.15, 0.2) is 0 Å². The maximum absolute atomic E-state index is 12.9. The lowest BCUT2D eigenvalue weighted by Gasteiger charge is -2.18. The lowest BCUT2D eigenvalue weighted by atomic mass is 10.1. The van der Waals surface area contributed by atoms with Crippen molar-refractivity contribution in [2.24, 2.45) is 5.73 Å². The lowest BCUT2D eigenvalue weighted by molar-refractivity contribution is -0.145. The summed E-state index contributed by atoms with van der Waals surface area (Å²) >= 11 is 0. The minimum atomic E-state index is -2.87. The molecule has 3 nitrogen and oxygen atoms in total. The van der Waals surface area contributed by atoms with E-state index in [1.54, 1.807) is 6.92 Å². The van der Waals surface area contributed by atoms with Gasteiger partial charge >= 0.3 is 5.97 Å². The second-order valence-corrected chi connectivity index (χ2v) is 2.94. The Balaban J connectivity index is 4.02. The first kappa shape index (κ1) is 12.3. The molecule has 0 saturated carbocycles. The van der Waals surface area contributed by atoms with Crippen LogP contribution in [-0.2, 0) is 9.53 Å². The third kappa shape index (κ3) is 4.77. The molecule has 1 atom stereocenters. The summed E-state index contributed by atoms with van der Waals surface area (Å²) in [5.74, 6) is -3.67. The molecule has 0 aliphatic carbocycles. The van der Waals surface area contributed by atoms with Crippen LogP contribution in [0, 0.1) is 0 Å². The number of rotatable bonds is 5. The number of nitrogens with two attached hydrogens (primary N) is 1. The van der Waals surface area contributed by atoms with E-state index in [1.807, 2.05) is 0 Å². The molecule has 5 heteroatoms. The van der Waals surface area contributed by atoms with Crippen molar-refractivity contribution in [2.45, 2.75) is 38.2 Å². The van der Waals surface area contributed by atoms with Crippen molar-refractivity contribution in [2.75, 3.05) is 7.11 Å². The largest absolute Gasteiger partial charge is 0.468 e. The molecule has 0 aromatic rings. The second-order valence-electron chi connectivity index (χ2n) is 2.94. The van der Waals surface area contributed by atoms with Crippen LogP contribution in [0.5, 0.6) is 0 Å². The minimum Gasteiger partial charge on any atom is -0.468 e. The topological polar surface area (TPSA) is 52.3 Å². The molecule has 0 radical (unpaired) electrons. The highest BCUT2D eigenvalue weighted by Crippen LogP contribution is 2.25. The molecule has 0 amide bonds. The molecule has 0 spiro atoms. The van der Waals surface area contributed by atoms with Gasteiger partial charge in [0.25, 0.3) is 0 Å². The molecule has 0 heterocycles. The number of esters is 1. The standard InChI is InChI=1S/C8H15F2NO2/c1-3-4-8(9,10)5-6(11)7(12)13-2/h6H,3-5,11H2,1-2H3. The van der Waals surface area contributed by atoms with Crippen molar-refractivity contribution in [1.29, 1.82) is 0 Å². The van der Waals surface area contributed by atoms with Crippen LogP contribution in [0.1, 0.15) is 26.2 Å². The molecule has 0 aromatic carbocycles. The molecule has 78 valence electrons. The van der Waals surface area contributed by atoms with E-state index in [1.165, 1.54) is 0 Å². The molecule has 0 bridgehead atoms. The van der Waals surface area contributed by atoms with E-state index in [9.17, 15) is 13.6 Å². The minimum absolute atomic E-state index is 0.252. The van der Waals surface area contributed by atoms with Gasteiger partial charge in [-0.25, -0.2) is 8.78 Å². The normalized spacial score (nSPS) is 13.9. The van der Waals surface area contributed by atoms with Crippen LogP contribution in [0.25, 0.3) is 0 Å². The molecule has 0 aliphatic rings. The van der Waals surface area contributed by atoms with Crippen LogP contribution in [0.4, 0.5) is 8.78 Å². The highest BCUT2D eigenvalue weighted by molar-refractivity contribution is 5.75. The van der Waals surface area contributed by atoms with Crippen LogP contribution in [0.3, 0.4) is 0 Å². The second kappa shape index (κ2) is 5.11. The third-order valence-corrected chi connectivity index (χ3v) is 1.64. The zero-order chi connectivity index (χ0) is 10.5. The summed E-state index contributed by atoms with van der Waals surface area (Å²) in [6.45, 7) is 1.65. The van der Waals surface area contributed by atoms with E-state index in [0.29, 0.717) is 6.42 Å². The summed E-state index contributed by atoms with van der Waals surface area (Å²) in [6.07, 6.45) is -0.536. The van der Waals surface area contributed by atoms with Crippen molar-refractivity contribution in [3.05, 3.63) is 0 Å². The summed E-state index contributed by atoms with van der Waals surface area (Å²) in [7, 11) is 1.13. The zero-order valence-corrected chi connectivity index (χ0v) is 7.85. The Labute approximate surface area is 76.2 Å². The van der Waals surface area contributed by atoms with Gasteiger partial charge in [-0.15, -0.1) is 0 Å². The van der Waals surface area contributed by atoms with Crippen molar-refractivity contribution in [3.8, 4) is 0 Å². The van der Waals surface area contributed by atoms with Crippen LogP contribution >= 0.6 is 0 Å². The highest BCUT2D eigenvalue weighted by atomic mass is 19.3. The average Bonchev–Trinajstić information content (AvgIpc) is 2.01. The number of alkyl halides is 2. The highest BCUT2D eigenvalue weighted by Gasteiger charge is 2.33. The molecule has 0 saturated heterocycles. The van der Waals surface area contributed by atoms with Gasteiger partial charge in [0.15, 0.2) is 0 Å². The number of carbonyl (C=O) groups excluding carboxylic acids is 1. The van der Waals surface area contributed by atoms with Crippen molar-refractivity contribution >= 4 is 5.97 Å². The smallest absolute Gasteiger partial charge is 0.322 e. The number of hydrogen-bond acceptors (Lipinski definition) is 3. The Morgan fingerprint density at radius 1 is 1.62 bits per heavy atom. The quantitative estimate of drug-likeness (QED) is 0.673. The van der Waals surface area contributed by atoms with Gasteiger partial charge in [-0.3, -0.25) is 4.79 Å². The lowest BCUT2D eigenvalue weighted by Crippen LogP contribution is -2.37. The molecular formula is C8H15F2NO2. The summed E-state index contributed by atoms with van der Waals surface area (Å²) in [6, 6.07) is -1.23. The Bertz CT molecular complexity index is 174. The van der Waals surface area contributed by atoms with Gasteiger partial charge in [-0.2, -0.15) is 0 Å². The molecule has 1 unspecified atom stereocenters. The molecular weight excluding hydrogens is 180 g/mol. The summed E-state index contributed by atoms with van der Waals surface area (Å²) in [4.78, 5) is 10.7. The fourth-order valence-corrected chi connectivity index (χ4v) is 1.02. The Hall–Kier alpha value is -0.710. The van der Waals surface area contributed by atoms with Gasteiger partial charge in [0, 0.05) is 12.8 Å². The average molecular weight is 195 g/mol. The van der Waals surface area contributed by atoms with Gasteiger partial charge in [-0.05, 0) is 0 Å². The fourth-order valence-electron chi connectivity index (χ4n) is 1.02. The Morgan fingerprint density at radius 2 is 2.15 bits per heavy atom. The van der Waals surface area contributed by atoms with E-state index < -0.39 is 24.4 Å². The summed E-state index contributed by atoms with van der Waals surface area (Å²) in [5.41, 5.74) is 5.19. The van der Waals surface area contributed by atoms with Gasteiger partial charge in [0.1, 0.15) is 6.04 Å². The van der Waals surface area contributed by atoms with Crippen LogP contribution in [-0.4, -0.2) is 25.0 Å². The van der Waals surface area contributed by atoms with E-state index in [2.05, 4.69) is 4.74 Å². The first-order chi connectivity index (χ1) is 5.93. The fraction of sp³-hybridized carbons (Fsp3) is 0.875. The number of halogens is 2. The van der Waals surface area contributed by atoms with Crippen molar-refractivity contribution in [3.63, 3.8) is 0 Å². The SMILES string of the molecule is CCCC(F)(F)CC(N)C(=O)OC. The number of carbonyl (C=O) groups is 1. The predicted molar refractivity (Wildman–Crippen MR) is 44.5 cm³/mol. The first-order valence-corrected chi connectivity index (χ1v) is 4.14. The first-order valence-electron chi connectivity index (χ1n) is 4.14. The summed E-state index contributed by atoms with van der Waals surface area (Å²) < 4.78 is 30.0. The number of methoxy groups -OCH3 is 1. The molecule has 0 rings (SSSR count). The number of ether oxygens (including phenoxy) is 1. The third-order valence-electron chi connectivity index (χ3n) is 1.64. The van der Waals surface area contributed by atoms with E-state index in [0.717, 1.165) is 7.11 Å². The van der Waals surface area contributed by atoms with Gasteiger partial charge in [-0.1, -0.05) is 13.3 Å². The Morgan fingerprint density at radius 3 is 2.54 bits per heavy atom. The zero-order valence-electron chi connectivity index (χ0n) is 7.85. The molecule has 13 heavy (non-hydrogen) atoms. The molecule has 0 fully saturated rings. The number of hydrogen-bond donors (Lipinski definition) is 1. The van der Waals surface area contributed by atoms with E-state index >= 15 is 0 Å². The van der Waals surface area contributed by atoms with Crippen molar-refractivity contribution in [1.82, 2.24) is 0 Å². The molecule has 2 N–H and O–H groups in total. The van der Waals surface area contributed by atoms with E-state index in [-0.39, 0.29) is 6.42 Å². The van der Waals surface area contributed by atoms with Crippen LogP contribution < -0.4 is 5.73 Å². The maximum atomic E-state index is 12.9. The molecule has 0 aliphatic heterocycles. The van der Waals surface area contributed by atoms with Gasteiger partial charge in [0.2, 0.25) is 5.92 Å². The molecule has 0 aromatic heterocycles. The maximum Gasteiger partial charge on any atom is 0.322 e. The van der Waals surface area contributed by atoms with Gasteiger partial charge in [0.05, 0.1) is 7.11 Å². The van der Waals surface area contributed by atoms with Crippen molar-refractivity contribution < 1.29 is 18.3 Å². The van der Waals surface area contributed by atoms with Gasteiger partial charge < -0.3 is 10.5 Å². The van der Waals surface area contributed by atoms with E-state index in [4.69, 9.17) is 5.73 Å². The predicted octanol–water partition coefficient (Wildman–Crippen LogP) is 1.31. The van der Waals surface area contributed by atoms with Crippen LogP contribution in [0.2, 0.25) is 0 Å². The summed E-state index contributed by atoms with van der Waals surface area (Å²) in [5, 5.41) is 0.